The maximum Gasteiger partial charge on any atom is 0.254 e. The number of nitrogens with zero attached hydrogens (tertiary/aromatic N) is 2. The molecule has 0 N–H and O–H groups in total. The summed E-state index contributed by atoms with van der Waals surface area (Å²) in [6.45, 7) is 3.59. The quantitative estimate of drug-likeness (QED) is 0.655. The highest BCUT2D eigenvalue weighted by atomic mass is 16.4. The highest BCUT2D eigenvalue weighted by Crippen LogP contribution is 2.19. The van der Waals surface area contributed by atoms with Crippen LogP contribution in [0.5, 0.6) is 0 Å². The van der Waals surface area contributed by atoms with Gasteiger partial charge in [0.2, 0.25) is 11.3 Å². The second kappa shape index (κ2) is 3.80. The number of aromatic nitrogens is 2. The Labute approximate surface area is 102 Å². The Morgan fingerprint density at radius 2 is 2.00 bits per heavy atom. The van der Waals surface area contributed by atoms with Crippen LogP contribution in [0, 0.1) is 13.8 Å². The minimum Gasteiger partial charge on any atom is -0.463 e. The number of fused-ring (bicyclic) bond motifs is 1. The van der Waals surface area contributed by atoms with Crippen LogP contribution in [0.15, 0.2) is 38.1 Å². The van der Waals surface area contributed by atoms with Crippen molar-refractivity contribution in [2.45, 2.75) is 13.8 Å². The van der Waals surface area contributed by atoms with Crippen LogP contribution in [-0.4, -0.2) is 10.2 Å². The van der Waals surface area contributed by atoms with Gasteiger partial charge in [0.1, 0.15) is 17.4 Å². The number of hydrogen-bond donors (Lipinski definition) is 0. The minimum absolute atomic E-state index is 0.163. The van der Waals surface area contributed by atoms with Gasteiger partial charge in [0, 0.05) is 6.92 Å². The van der Waals surface area contributed by atoms with Crippen LogP contribution < -0.4 is 5.43 Å². The number of aryl methyl sites for hydroxylation is 2. The van der Waals surface area contributed by atoms with Gasteiger partial charge in [-0.3, -0.25) is 4.79 Å². The highest BCUT2D eigenvalue weighted by molar-refractivity contribution is 5.80. The molecular formula is C13H10N2O3. The monoisotopic (exact) mass is 242 g/mol. The first-order valence-electron chi connectivity index (χ1n) is 5.48. The highest BCUT2D eigenvalue weighted by Gasteiger charge is 2.14. The van der Waals surface area contributed by atoms with Crippen molar-refractivity contribution in [3.63, 3.8) is 0 Å². The normalized spacial score (nSPS) is 11.0. The molecule has 0 aliphatic heterocycles. The fraction of sp³-hybridized carbons (Fsp3) is 0.154. The molecule has 0 saturated carbocycles. The van der Waals surface area contributed by atoms with Gasteiger partial charge < -0.3 is 8.83 Å². The first-order chi connectivity index (χ1) is 8.65. The van der Waals surface area contributed by atoms with Gasteiger partial charge in [-0.25, -0.2) is 0 Å². The molecule has 90 valence electrons. The van der Waals surface area contributed by atoms with E-state index in [1.54, 1.807) is 19.1 Å². The van der Waals surface area contributed by atoms with Crippen LogP contribution in [0.2, 0.25) is 0 Å². The fourth-order valence-corrected chi connectivity index (χ4v) is 1.80. The van der Waals surface area contributed by atoms with Crippen LogP contribution in [0.3, 0.4) is 0 Å². The van der Waals surface area contributed by atoms with Gasteiger partial charge >= 0.3 is 0 Å². The Morgan fingerprint density at radius 3 is 2.72 bits per heavy atom. The van der Waals surface area contributed by atoms with E-state index in [1.165, 1.54) is 6.26 Å². The molecule has 5 heteroatoms. The number of benzene rings is 1. The molecule has 3 aromatic rings. The lowest BCUT2D eigenvalue weighted by Crippen LogP contribution is -2.05. The summed E-state index contributed by atoms with van der Waals surface area (Å²) in [5.41, 5.74) is 1.66. The Morgan fingerprint density at radius 1 is 1.17 bits per heavy atom. The lowest BCUT2D eigenvalue weighted by atomic mass is 10.1. The summed E-state index contributed by atoms with van der Waals surface area (Å²) in [6.07, 6.45) is 1.35. The predicted octanol–water partition coefficient (Wildman–Crippen LogP) is 2.46. The van der Waals surface area contributed by atoms with Gasteiger partial charge in [0.25, 0.3) is 5.89 Å². The van der Waals surface area contributed by atoms with E-state index in [4.69, 9.17) is 8.83 Å². The summed E-state index contributed by atoms with van der Waals surface area (Å²) in [6, 6.07) is 5.45. The zero-order chi connectivity index (χ0) is 12.7. The van der Waals surface area contributed by atoms with Crippen LogP contribution >= 0.6 is 0 Å². The summed E-state index contributed by atoms with van der Waals surface area (Å²) in [7, 11) is 0. The third kappa shape index (κ3) is 1.60. The van der Waals surface area contributed by atoms with E-state index in [-0.39, 0.29) is 16.9 Å². The first-order valence-corrected chi connectivity index (χ1v) is 5.48. The molecule has 0 spiro atoms. The van der Waals surface area contributed by atoms with E-state index in [2.05, 4.69) is 10.2 Å². The number of rotatable bonds is 1. The van der Waals surface area contributed by atoms with Gasteiger partial charge in [-0.15, -0.1) is 10.2 Å². The molecule has 0 saturated heterocycles. The SMILES string of the molecule is Cc1ccc2occ(-c3nnc(C)o3)c(=O)c2c1. The smallest absolute Gasteiger partial charge is 0.254 e. The summed E-state index contributed by atoms with van der Waals surface area (Å²) in [4.78, 5) is 12.3. The fourth-order valence-electron chi connectivity index (χ4n) is 1.80. The molecule has 2 heterocycles. The summed E-state index contributed by atoms with van der Waals surface area (Å²) < 4.78 is 10.7. The van der Waals surface area contributed by atoms with Crippen molar-refractivity contribution in [3.8, 4) is 11.5 Å². The summed E-state index contributed by atoms with van der Waals surface area (Å²) in [5, 5.41) is 8.05. The molecule has 3 rings (SSSR count). The average Bonchev–Trinajstić information content (AvgIpc) is 2.77. The average molecular weight is 242 g/mol. The molecule has 5 nitrogen and oxygen atoms in total. The van der Waals surface area contributed by atoms with E-state index in [0.717, 1.165) is 5.56 Å². The van der Waals surface area contributed by atoms with Crippen molar-refractivity contribution in [3.05, 3.63) is 46.1 Å². The van der Waals surface area contributed by atoms with Crippen molar-refractivity contribution in [2.24, 2.45) is 0 Å². The molecule has 0 amide bonds. The lowest BCUT2D eigenvalue weighted by Gasteiger charge is -1.99. The Bertz CT molecular complexity index is 786. The van der Waals surface area contributed by atoms with E-state index < -0.39 is 0 Å². The largest absolute Gasteiger partial charge is 0.463 e. The molecular weight excluding hydrogens is 232 g/mol. The molecule has 0 unspecified atom stereocenters. The van der Waals surface area contributed by atoms with Crippen LogP contribution in [-0.2, 0) is 0 Å². The zero-order valence-corrected chi connectivity index (χ0v) is 9.93. The predicted molar refractivity (Wildman–Crippen MR) is 65.2 cm³/mol. The van der Waals surface area contributed by atoms with Crippen molar-refractivity contribution in [1.82, 2.24) is 10.2 Å². The topological polar surface area (TPSA) is 69.1 Å². The first kappa shape index (κ1) is 10.7. The van der Waals surface area contributed by atoms with Crippen molar-refractivity contribution in [2.75, 3.05) is 0 Å². The van der Waals surface area contributed by atoms with Crippen LogP contribution in [0.1, 0.15) is 11.5 Å². The van der Waals surface area contributed by atoms with Crippen LogP contribution in [0.4, 0.5) is 0 Å². The standard InChI is InChI=1S/C13H10N2O3/c1-7-3-4-11-9(5-7)12(16)10(6-17-11)13-15-14-8(2)18-13/h3-6H,1-2H3. The van der Waals surface area contributed by atoms with Crippen LogP contribution in [0.25, 0.3) is 22.4 Å². The summed E-state index contributed by atoms with van der Waals surface area (Å²) in [5.74, 6) is 0.596. The lowest BCUT2D eigenvalue weighted by molar-refractivity contribution is 0.527. The maximum absolute atomic E-state index is 12.3. The second-order valence-electron chi connectivity index (χ2n) is 4.10. The van der Waals surface area contributed by atoms with Gasteiger partial charge in [0.05, 0.1) is 5.39 Å². The third-order valence-corrected chi connectivity index (χ3v) is 2.68. The molecule has 2 aromatic heterocycles. The van der Waals surface area contributed by atoms with Gasteiger partial charge in [-0.05, 0) is 19.1 Å². The maximum atomic E-state index is 12.3. The molecule has 0 radical (unpaired) electrons. The van der Waals surface area contributed by atoms with E-state index in [0.29, 0.717) is 16.9 Å². The minimum atomic E-state index is -0.163. The molecule has 0 aliphatic rings. The Balaban J connectivity index is 2.32. The van der Waals surface area contributed by atoms with Gasteiger partial charge in [0.15, 0.2) is 0 Å². The van der Waals surface area contributed by atoms with E-state index in [9.17, 15) is 4.79 Å². The van der Waals surface area contributed by atoms with Gasteiger partial charge in [-0.2, -0.15) is 0 Å². The van der Waals surface area contributed by atoms with Crippen molar-refractivity contribution >= 4 is 11.0 Å². The number of hydrogen-bond acceptors (Lipinski definition) is 5. The van der Waals surface area contributed by atoms with Gasteiger partial charge in [-0.1, -0.05) is 11.6 Å². The molecule has 18 heavy (non-hydrogen) atoms. The Hall–Kier alpha value is -2.43. The molecule has 0 aliphatic carbocycles. The van der Waals surface area contributed by atoms with E-state index in [1.807, 2.05) is 13.0 Å². The second-order valence-corrected chi connectivity index (χ2v) is 4.10. The molecule has 1 aromatic carbocycles. The summed E-state index contributed by atoms with van der Waals surface area (Å²) >= 11 is 0. The van der Waals surface area contributed by atoms with E-state index >= 15 is 0 Å². The van der Waals surface area contributed by atoms with Crippen molar-refractivity contribution < 1.29 is 8.83 Å². The van der Waals surface area contributed by atoms with Crippen molar-refractivity contribution in [1.29, 1.82) is 0 Å². The molecule has 0 fully saturated rings. The zero-order valence-electron chi connectivity index (χ0n) is 9.93. The molecule has 0 atom stereocenters. The molecule has 0 bridgehead atoms. The third-order valence-electron chi connectivity index (χ3n) is 2.68. The Kier molecular flexibility index (Phi) is 2.26.